The molecule has 2 N–H and O–H groups in total. The van der Waals surface area contributed by atoms with Crippen LogP contribution in [0.2, 0.25) is 0 Å². The van der Waals surface area contributed by atoms with Crippen molar-refractivity contribution in [3.05, 3.63) is 87.6 Å². The highest BCUT2D eigenvalue weighted by Gasteiger charge is 2.37. The van der Waals surface area contributed by atoms with Crippen LogP contribution in [0, 0.1) is 6.92 Å². The number of thiazole rings is 1. The largest absolute Gasteiger partial charge is 0.466 e. The van der Waals surface area contributed by atoms with Gasteiger partial charge < -0.3 is 20.1 Å². The SMILES string of the molecule is COC(=O)C1=C(C)NC(C)=C(C(=O)OC)C1c1cccc(Nc2nc(-c3cccc(C)c3)cs2)c1. The van der Waals surface area contributed by atoms with E-state index in [1.165, 1.54) is 31.1 Å². The molecule has 2 heterocycles. The molecule has 0 amide bonds. The van der Waals surface area contributed by atoms with Crippen LogP contribution in [0.4, 0.5) is 10.8 Å². The molecule has 0 atom stereocenters. The number of aryl methyl sites for hydroxylation is 1. The molecule has 0 fully saturated rings. The van der Waals surface area contributed by atoms with Crippen LogP contribution in [0.5, 0.6) is 0 Å². The molecule has 180 valence electrons. The molecule has 1 aliphatic rings. The maximum absolute atomic E-state index is 12.7. The monoisotopic (exact) mass is 489 g/mol. The summed E-state index contributed by atoms with van der Waals surface area (Å²) in [6, 6.07) is 15.8. The smallest absolute Gasteiger partial charge is 0.336 e. The van der Waals surface area contributed by atoms with Crippen LogP contribution in [-0.2, 0) is 19.1 Å². The lowest BCUT2D eigenvalue weighted by atomic mass is 9.80. The minimum Gasteiger partial charge on any atom is -0.466 e. The number of dihydropyridines is 1. The zero-order valence-electron chi connectivity index (χ0n) is 20.3. The van der Waals surface area contributed by atoms with Crippen LogP contribution in [0.3, 0.4) is 0 Å². The quantitative estimate of drug-likeness (QED) is 0.446. The second-order valence-electron chi connectivity index (χ2n) is 8.28. The Bertz CT molecular complexity index is 1320. The zero-order chi connectivity index (χ0) is 25.1. The van der Waals surface area contributed by atoms with Gasteiger partial charge in [-0.2, -0.15) is 0 Å². The van der Waals surface area contributed by atoms with Crippen LogP contribution in [-0.4, -0.2) is 31.1 Å². The van der Waals surface area contributed by atoms with Crippen molar-refractivity contribution in [3.63, 3.8) is 0 Å². The average Bonchev–Trinajstić information content (AvgIpc) is 3.31. The third kappa shape index (κ3) is 4.97. The number of rotatable bonds is 6. The van der Waals surface area contributed by atoms with E-state index >= 15 is 0 Å². The first-order valence-corrected chi connectivity index (χ1v) is 11.9. The molecule has 0 unspecified atom stereocenters. The van der Waals surface area contributed by atoms with Gasteiger partial charge in [0.1, 0.15) is 0 Å². The Hall–Kier alpha value is -3.91. The predicted molar refractivity (Wildman–Crippen MR) is 137 cm³/mol. The molecular formula is C27H27N3O4S. The number of nitrogens with zero attached hydrogens (tertiary/aromatic N) is 1. The van der Waals surface area contributed by atoms with Gasteiger partial charge in [0.15, 0.2) is 5.13 Å². The number of methoxy groups -OCH3 is 2. The normalized spacial score (nSPS) is 14.0. The Labute approximate surface area is 208 Å². The molecular weight excluding hydrogens is 462 g/mol. The summed E-state index contributed by atoms with van der Waals surface area (Å²) in [6.45, 7) is 5.64. The van der Waals surface area contributed by atoms with Crippen molar-refractivity contribution in [2.24, 2.45) is 0 Å². The fourth-order valence-corrected chi connectivity index (χ4v) is 5.02. The Kier molecular flexibility index (Phi) is 7.02. The number of esters is 2. The number of nitrogens with one attached hydrogen (secondary N) is 2. The van der Waals surface area contributed by atoms with Crippen LogP contribution < -0.4 is 10.6 Å². The molecule has 7 nitrogen and oxygen atoms in total. The molecule has 0 bridgehead atoms. The van der Waals surface area contributed by atoms with E-state index in [-0.39, 0.29) is 0 Å². The van der Waals surface area contributed by atoms with Crippen LogP contribution >= 0.6 is 11.3 Å². The molecule has 1 aliphatic heterocycles. The van der Waals surface area contributed by atoms with Crippen molar-refractivity contribution in [1.29, 1.82) is 0 Å². The number of aromatic nitrogens is 1. The summed E-state index contributed by atoms with van der Waals surface area (Å²) in [7, 11) is 2.66. The first-order chi connectivity index (χ1) is 16.8. The number of ether oxygens (including phenoxy) is 2. The Morgan fingerprint density at radius 1 is 0.943 bits per heavy atom. The lowest BCUT2D eigenvalue weighted by molar-refractivity contribution is -0.137. The lowest BCUT2D eigenvalue weighted by Gasteiger charge is -2.30. The molecule has 8 heteroatoms. The summed E-state index contributed by atoms with van der Waals surface area (Å²) in [5.74, 6) is -1.65. The molecule has 0 saturated heterocycles. The number of allylic oxidation sites excluding steroid dienone is 2. The van der Waals surface area contributed by atoms with E-state index < -0.39 is 17.9 Å². The summed E-state index contributed by atoms with van der Waals surface area (Å²) < 4.78 is 10.1. The van der Waals surface area contributed by atoms with Crippen LogP contribution in [0.1, 0.15) is 30.9 Å². The van der Waals surface area contributed by atoms with Gasteiger partial charge in [0.05, 0.1) is 37.0 Å². The van der Waals surface area contributed by atoms with E-state index in [2.05, 4.69) is 29.7 Å². The summed E-state index contributed by atoms with van der Waals surface area (Å²) in [4.78, 5) is 30.2. The van der Waals surface area contributed by atoms with E-state index in [9.17, 15) is 9.59 Å². The van der Waals surface area contributed by atoms with Gasteiger partial charge in [-0.1, -0.05) is 35.9 Å². The van der Waals surface area contributed by atoms with Crippen molar-refractivity contribution in [3.8, 4) is 11.3 Å². The predicted octanol–water partition coefficient (Wildman–Crippen LogP) is 5.44. The van der Waals surface area contributed by atoms with Crippen molar-refractivity contribution in [1.82, 2.24) is 10.3 Å². The highest BCUT2D eigenvalue weighted by molar-refractivity contribution is 7.14. The molecule has 0 aliphatic carbocycles. The number of hydrogen-bond acceptors (Lipinski definition) is 8. The number of carbonyl (C=O) groups is 2. The Morgan fingerprint density at radius 3 is 2.23 bits per heavy atom. The Balaban J connectivity index is 1.70. The van der Waals surface area contributed by atoms with Crippen molar-refractivity contribution in [2.75, 3.05) is 19.5 Å². The van der Waals surface area contributed by atoms with Gasteiger partial charge in [-0.3, -0.25) is 0 Å². The first kappa shape index (κ1) is 24.2. The number of benzene rings is 2. The summed E-state index contributed by atoms with van der Waals surface area (Å²) in [5, 5.41) is 9.22. The first-order valence-electron chi connectivity index (χ1n) is 11.1. The molecule has 2 aromatic carbocycles. The summed E-state index contributed by atoms with van der Waals surface area (Å²) in [5.41, 5.74) is 6.67. The number of carbonyl (C=O) groups excluding carboxylic acids is 2. The number of anilines is 2. The average molecular weight is 490 g/mol. The van der Waals surface area contributed by atoms with Gasteiger partial charge in [0.25, 0.3) is 0 Å². The van der Waals surface area contributed by atoms with E-state index in [0.717, 1.165) is 27.6 Å². The minimum absolute atomic E-state index is 0.367. The topological polar surface area (TPSA) is 89.5 Å². The van der Waals surface area contributed by atoms with Crippen molar-refractivity contribution >= 4 is 34.1 Å². The van der Waals surface area contributed by atoms with Gasteiger partial charge in [-0.15, -0.1) is 11.3 Å². The maximum atomic E-state index is 12.7. The van der Waals surface area contributed by atoms with E-state index in [4.69, 9.17) is 14.5 Å². The minimum atomic E-state index is -0.642. The molecule has 0 spiro atoms. The van der Waals surface area contributed by atoms with Gasteiger partial charge >= 0.3 is 11.9 Å². The van der Waals surface area contributed by atoms with Crippen LogP contribution in [0.25, 0.3) is 11.3 Å². The highest BCUT2D eigenvalue weighted by Crippen LogP contribution is 2.40. The molecule has 0 radical (unpaired) electrons. The fourth-order valence-electron chi connectivity index (χ4n) is 4.28. The van der Waals surface area contributed by atoms with Gasteiger partial charge in [-0.25, -0.2) is 14.6 Å². The third-order valence-corrected chi connectivity index (χ3v) is 6.62. The molecule has 35 heavy (non-hydrogen) atoms. The second kappa shape index (κ2) is 10.1. The Morgan fingerprint density at radius 2 is 1.60 bits per heavy atom. The van der Waals surface area contributed by atoms with E-state index in [1.54, 1.807) is 13.8 Å². The van der Waals surface area contributed by atoms with Crippen molar-refractivity contribution < 1.29 is 19.1 Å². The summed E-state index contributed by atoms with van der Waals surface area (Å²) in [6.07, 6.45) is 0. The lowest BCUT2D eigenvalue weighted by Crippen LogP contribution is -2.32. The number of hydrogen-bond donors (Lipinski definition) is 2. The van der Waals surface area contributed by atoms with Gasteiger partial charge in [0.2, 0.25) is 0 Å². The highest BCUT2D eigenvalue weighted by atomic mass is 32.1. The molecule has 4 rings (SSSR count). The fraction of sp³-hybridized carbons (Fsp3) is 0.222. The van der Waals surface area contributed by atoms with Crippen LogP contribution in [0.15, 0.2) is 76.5 Å². The maximum Gasteiger partial charge on any atom is 0.336 e. The molecule has 0 saturated carbocycles. The summed E-state index contributed by atoms with van der Waals surface area (Å²) >= 11 is 1.51. The van der Waals surface area contributed by atoms with E-state index in [1.807, 2.05) is 41.8 Å². The molecule has 3 aromatic rings. The zero-order valence-corrected chi connectivity index (χ0v) is 21.1. The van der Waals surface area contributed by atoms with Gasteiger partial charge in [0, 0.05) is 28.0 Å². The third-order valence-electron chi connectivity index (χ3n) is 5.86. The second-order valence-corrected chi connectivity index (χ2v) is 9.13. The van der Waals surface area contributed by atoms with Crippen molar-refractivity contribution in [2.45, 2.75) is 26.7 Å². The standard InChI is InChI=1S/C27H27N3O4S/c1-15-8-6-9-18(12-15)21-14-35-27(30-21)29-20-11-7-10-19(13-20)24-22(25(31)33-4)16(2)28-17(3)23(24)26(32)34-5/h6-14,24,28H,1-5H3,(H,29,30). The van der Waals surface area contributed by atoms with E-state index in [0.29, 0.717) is 22.5 Å². The van der Waals surface area contributed by atoms with Gasteiger partial charge in [-0.05, 0) is 44.5 Å². The molecule has 1 aromatic heterocycles.